The molecule has 3 rings (SSSR count). The average molecular weight is 395 g/mol. The van der Waals surface area contributed by atoms with E-state index in [1.54, 1.807) is 36.4 Å². The highest BCUT2D eigenvalue weighted by Gasteiger charge is 2.19. The fourth-order valence-corrected chi connectivity index (χ4v) is 3.78. The van der Waals surface area contributed by atoms with Gasteiger partial charge in [0.1, 0.15) is 6.04 Å². The van der Waals surface area contributed by atoms with Crippen LogP contribution in [-0.2, 0) is 4.79 Å². The fourth-order valence-electron chi connectivity index (χ4n) is 2.35. The summed E-state index contributed by atoms with van der Waals surface area (Å²) in [7, 11) is 0. The zero-order chi connectivity index (χ0) is 18.1. The summed E-state index contributed by atoms with van der Waals surface area (Å²) in [5.41, 5.74) is 0.947. The van der Waals surface area contributed by atoms with E-state index in [1.165, 1.54) is 28.9 Å². The van der Waals surface area contributed by atoms with Gasteiger partial charge in [-0.15, -0.1) is 0 Å². The third-order valence-electron chi connectivity index (χ3n) is 3.60. The molecule has 128 valence electrons. The smallest absolute Gasteiger partial charge is 0.326 e. The molecule has 0 aliphatic heterocycles. The summed E-state index contributed by atoms with van der Waals surface area (Å²) in [4.78, 5) is 28.3. The second-order valence-electron chi connectivity index (χ2n) is 5.31. The lowest BCUT2D eigenvalue weighted by atomic mass is 10.2. The van der Waals surface area contributed by atoms with Crippen LogP contribution in [0, 0.1) is 0 Å². The van der Waals surface area contributed by atoms with E-state index in [2.05, 4.69) is 4.99 Å². The van der Waals surface area contributed by atoms with Crippen molar-refractivity contribution in [1.29, 1.82) is 0 Å². The van der Waals surface area contributed by atoms with Gasteiger partial charge in [0.05, 0.1) is 10.2 Å². The number of carbonyl (C=O) groups is 2. The monoisotopic (exact) mass is 394 g/mol. The number of benzene rings is 2. The molecule has 2 aromatic carbocycles. The van der Waals surface area contributed by atoms with Crippen molar-refractivity contribution in [2.75, 3.05) is 0 Å². The molecule has 0 aliphatic carbocycles. The minimum absolute atomic E-state index is 0.289. The maximum Gasteiger partial charge on any atom is 0.326 e. The van der Waals surface area contributed by atoms with Gasteiger partial charge in [0.2, 0.25) is 0 Å². The van der Waals surface area contributed by atoms with Crippen molar-refractivity contribution in [3.8, 4) is 0 Å². The highest BCUT2D eigenvalue weighted by molar-refractivity contribution is 7.16. The van der Waals surface area contributed by atoms with E-state index >= 15 is 0 Å². The van der Waals surface area contributed by atoms with Crippen LogP contribution in [0.4, 0.5) is 0 Å². The van der Waals surface area contributed by atoms with E-state index in [-0.39, 0.29) is 4.80 Å². The van der Waals surface area contributed by atoms with E-state index in [1.807, 2.05) is 0 Å². The van der Waals surface area contributed by atoms with Gasteiger partial charge in [-0.2, -0.15) is 4.99 Å². The minimum atomic E-state index is -1.03. The van der Waals surface area contributed by atoms with Crippen molar-refractivity contribution in [3.63, 3.8) is 0 Å². The maximum absolute atomic E-state index is 12.4. The van der Waals surface area contributed by atoms with Crippen LogP contribution in [0.2, 0.25) is 10.0 Å². The lowest BCUT2D eigenvalue weighted by Gasteiger charge is -2.10. The van der Waals surface area contributed by atoms with Crippen molar-refractivity contribution in [3.05, 3.63) is 62.9 Å². The normalized spacial score (nSPS) is 13.2. The summed E-state index contributed by atoms with van der Waals surface area (Å²) in [6.45, 7) is 1.53. The van der Waals surface area contributed by atoms with Crippen molar-refractivity contribution >= 4 is 56.6 Å². The number of aliphatic carboxylic acids is 1. The highest BCUT2D eigenvalue weighted by Crippen LogP contribution is 2.24. The van der Waals surface area contributed by atoms with Crippen LogP contribution in [0.1, 0.15) is 23.3 Å². The van der Waals surface area contributed by atoms with Crippen LogP contribution in [0.15, 0.2) is 47.5 Å². The molecule has 0 saturated heterocycles. The van der Waals surface area contributed by atoms with Gasteiger partial charge in [0, 0.05) is 15.6 Å². The second-order valence-corrected chi connectivity index (χ2v) is 7.19. The Hall–Kier alpha value is -2.15. The first kappa shape index (κ1) is 17.7. The van der Waals surface area contributed by atoms with E-state index in [9.17, 15) is 14.7 Å². The molecule has 1 unspecified atom stereocenters. The van der Waals surface area contributed by atoms with Gasteiger partial charge in [-0.3, -0.25) is 4.79 Å². The van der Waals surface area contributed by atoms with Gasteiger partial charge in [0.15, 0.2) is 4.80 Å². The van der Waals surface area contributed by atoms with Crippen molar-refractivity contribution < 1.29 is 14.7 Å². The van der Waals surface area contributed by atoms with Crippen molar-refractivity contribution in [1.82, 2.24) is 4.57 Å². The Morgan fingerprint density at radius 1 is 1.16 bits per heavy atom. The lowest BCUT2D eigenvalue weighted by molar-refractivity contribution is -0.140. The van der Waals surface area contributed by atoms with Gasteiger partial charge in [-0.05, 0) is 43.3 Å². The number of hydrogen-bond acceptors (Lipinski definition) is 3. The van der Waals surface area contributed by atoms with Gasteiger partial charge in [-0.25, -0.2) is 4.79 Å². The number of carboxylic acid groups (broad SMARTS) is 1. The van der Waals surface area contributed by atoms with Crippen LogP contribution in [0.3, 0.4) is 0 Å². The van der Waals surface area contributed by atoms with E-state index in [4.69, 9.17) is 23.2 Å². The first-order valence-electron chi connectivity index (χ1n) is 7.25. The van der Waals surface area contributed by atoms with Crippen LogP contribution >= 0.6 is 34.5 Å². The van der Waals surface area contributed by atoms with Gasteiger partial charge in [0.25, 0.3) is 5.91 Å². The Kier molecular flexibility index (Phi) is 4.94. The summed E-state index contributed by atoms with van der Waals surface area (Å²) in [6, 6.07) is 10.7. The number of carboxylic acids is 1. The van der Waals surface area contributed by atoms with E-state index in [0.717, 1.165) is 4.70 Å². The molecule has 1 heterocycles. The Morgan fingerprint density at radius 2 is 1.88 bits per heavy atom. The van der Waals surface area contributed by atoms with Crippen molar-refractivity contribution in [2.24, 2.45) is 4.99 Å². The Labute approximate surface area is 156 Å². The quantitative estimate of drug-likeness (QED) is 0.715. The molecule has 1 aromatic heterocycles. The molecule has 1 N–H and O–H groups in total. The lowest BCUT2D eigenvalue weighted by Crippen LogP contribution is -2.25. The Morgan fingerprint density at radius 3 is 2.56 bits per heavy atom. The molecule has 0 spiro atoms. The molecular formula is C17H12Cl2N2O3S. The van der Waals surface area contributed by atoms with Gasteiger partial charge < -0.3 is 9.67 Å². The number of thiazole rings is 1. The fraction of sp³-hybridized carbons (Fsp3) is 0.118. The summed E-state index contributed by atoms with van der Waals surface area (Å²) < 4.78 is 2.28. The molecule has 0 radical (unpaired) electrons. The molecule has 5 nitrogen and oxygen atoms in total. The standard InChI is InChI=1S/C17H12Cl2N2O3S/c1-9(16(23)24)21-13-8-12(19)5-6-14(13)25-17(21)20-15(22)10-3-2-4-11(18)7-10/h2-9H,1H3,(H,23,24)/b20-17-. The SMILES string of the molecule is CC(C(=O)O)n1/c(=N/C(=O)c2cccc(Cl)c2)sc2ccc(Cl)cc21. The topological polar surface area (TPSA) is 71.7 Å². The molecular weight excluding hydrogens is 383 g/mol. The first-order chi connectivity index (χ1) is 11.9. The van der Waals surface area contributed by atoms with Crippen LogP contribution < -0.4 is 4.80 Å². The minimum Gasteiger partial charge on any atom is -0.480 e. The molecule has 0 bridgehead atoms. The van der Waals surface area contributed by atoms with Crippen molar-refractivity contribution in [2.45, 2.75) is 13.0 Å². The summed E-state index contributed by atoms with van der Waals surface area (Å²) >= 11 is 13.2. The van der Waals surface area contributed by atoms with Gasteiger partial charge in [-0.1, -0.05) is 40.6 Å². The van der Waals surface area contributed by atoms with E-state index < -0.39 is 17.9 Å². The number of nitrogens with zero attached hydrogens (tertiary/aromatic N) is 2. The third kappa shape index (κ3) is 3.61. The number of halogens is 2. The molecule has 1 atom stereocenters. The molecule has 0 saturated carbocycles. The summed E-state index contributed by atoms with van der Waals surface area (Å²) in [5, 5.41) is 10.3. The largest absolute Gasteiger partial charge is 0.480 e. The average Bonchev–Trinajstić information content (AvgIpc) is 2.90. The zero-order valence-corrected chi connectivity index (χ0v) is 15.3. The number of fused-ring (bicyclic) bond motifs is 1. The Bertz CT molecular complexity index is 1060. The second kappa shape index (κ2) is 7.00. The number of rotatable bonds is 3. The zero-order valence-electron chi connectivity index (χ0n) is 12.9. The number of aromatic nitrogens is 1. The number of amides is 1. The summed E-state index contributed by atoms with van der Waals surface area (Å²) in [6.07, 6.45) is 0. The Balaban J connectivity index is 2.22. The van der Waals surface area contributed by atoms with Crippen LogP contribution in [0.5, 0.6) is 0 Å². The predicted molar refractivity (Wildman–Crippen MR) is 98.5 cm³/mol. The molecule has 0 aliphatic rings. The summed E-state index contributed by atoms with van der Waals surface area (Å²) in [5.74, 6) is -1.53. The first-order valence-corrected chi connectivity index (χ1v) is 8.82. The van der Waals surface area contributed by atoms with Crippen LogP contribution in [-0.4, -0.2) is 21.6 Å². The number of carbonyl (C=O) groups excluding carboxylic acids is 1. The van der Waals surface area contributed by atoms with Crippen LogP contribution in [0.25, 0.3) is 10.2 Å². The highest BCUT2D eigenvalue weighted by atomic mass is 35.5. The predicted octanol–water partition coefficient (Wildman–Crippen LogP) is 4.40. The van der Waals surface area contributed by atoms with E-state index in [0.29, 0.717) is 21.1 Å². The maximum atomic E-state index is 12.4. The molecule has 8 heteroatoms. The molecule has 25 heavy (non-hydrogen) atoms. The third-order valence-corrected chi connectivity index (χ3v) is 5.11. The molecule has 0 fully saturated rings. The molecule has 3 aromatic rings. The molecule has 1 amide bonds. The number of hydrogen-bond donors (Lipinski definition) is 1. The van der Waals surface area contributed by atoms with Gasteiger partial charge >= 0.3 is 5.97 Å².